The lowest BCUT2D eigenvalue weighted by atomic mass is 9.76. The molecule has 0 amide bonds. The lowest BCUT2D eigenvalue weighted by molar-refractivity contribution is 0.0219. The van der Waals surface area contributed by atoms with Crippen molar-refractivity contribution in [2.75, 3.05) is 19.7 Å². The van der Waals surface area contributed by atoms with Crippen LogP contribution in [0.1, 0.15) is 36.2 Å². The average molecular weight is 313 g/mol. The molecule has 1 saturated heterocycles. The predicted molar refractivity (Wildman–Crippen MR) is 92.1 cm³/mol. The summed E-state index contributed by atoms with van der Waals surface area (Å²) in [5.41, 5.74) is 3.59. The summed E-state index contributed by atoms with van der Waals surface area (Å²) in [6.07, 6.45) is 4.35. The van der Waals surface area contributed by atoms with Crippen LogP contribution < -0.4 is 0 Å². The zero-order chi connectivity index (χ0) is 16.1. The Balaban J connectivity index is 1.61. The van der Waals surface area contributed by atoms with Crippen molar-refractivity contribution >= 4 is 0 Å². The van der Waals surface area contributed by atoms with E-state index in [1.807, 2.05) is 6.92 Å². The van der Waals surface area contributed by atoms with Crippen molar-refractivity contribution in [1.82, 2.24) is 15.1 Å². The molecule has 0 saturated carbocycles. The zero-order valence-electron chi connectivity index (χ0n) is 14.0. The van der Waals surface area contributed by atoms with E-state index in [2.05, 4.69) is 51.5 Å². The third-order valence-corrected chi connectivity index (χ3v) is 5.01. The van der Waals surface area contributed by atoms with Crippen molar-refractivity contribution in [1.29, 1.82) is 0 Å². The lowest BCUT2D eigenvalue weighted by Crippen LogP contribution is -2.45. The zero-order valence-corrected chi connectivity index (χ0v) is 14.0. The Kier molecular flexibility index (Phi) is 5.13. The van der Waals surface area contributed by atoms with Crippen LogP contribution in [0, 0.1) is 12.3 Å². The van der Waals surface area contributed by atoms with Gasteiger partial charge in [-0.1, -0.05) is 30.3 Å². The molecule has 1 aliphatic rings. The summed E-state index contributed by atoms with van der Waals surface area (Å²) >= 11 is 0. The van der Waals surface area contributed by atoms with Crippen LogP contribution in [-0.4, -0.2) is 39.9 Å². The summed E-state index contributed by atoms with van der Waals surface area (Å²) in [5, 5.41) is 17.4. The number of rotatable bonds is 6. The van der Waals surface area contributed by atoms with Gasteiger partial charge < -0.3 is 5.11 Å². The van der Waals surface area contributed by atoms with Crippen molar-refractivity contribution in [3.05, 3.63) is 53.3 Å². The maximum Gasteiger partial charge on any atom is 0.0765 e. The number of hydrogen-bond acceptors (Lipinski definition) is 3. The smallest absolute Gasteiger partial charge is 0.0765 e. The van der Waals surface area contributed by atoms with Crippen molar-refractivity contribution in [3.63, 3.8) is 0 Å². The predicted octanol–water partition coefficient (Wildman–Crippen LogP) is 2.93. The molecule has 1 aliphatic heterocycles. The number of likely N-dealkylation sites (tertiary alicyclic amines) is 1. The van der Waals surface area contributed by atoms with Gasteiger partial charge in [-0.3, -0.25) is 10.00 Å². The summed E-state index contributed by atoms with van der Waals surface area (Å²) in [4.78, 5) is 2.44. The molecule has 2 heterocycles. The van der Waals surface area contributed by atoms with Gasteiger partial charge in [-0.2, -0.15) is 5.10 Å². The first-order valence-corrected chi connectivity index (χ1v) is 8.57. The average Bonchev–Trinajstić information content (AvgIpc) is 2.99. The number of aryl methyl sites for hydroxylation is 2. The lowest BCUT2D eigenvalue weighted by Gasteiger charge is -2.42. The summed E-state index contributed by atoms with van der Waals surface area (Å²) in [7, 11) is 0. The van der Waals surface area contributed by atoms with Crippen molar-refractivity contribution < 1.29 is 5.11 Å². The number of aliphatic hydroxyl groups is 1. The first kappa shape index (κ1) is 16.2. The molecule has 4 heteroatoms. The number of aliphatic hydroxyl groups excluding tert-OH is 1. The largest absolute Gasteiger partial charge is 0.396 e. The molecule has 1 aromatic heterocycles. The Labute approximate surface area is 138 Å². The molecule has 0 aliphatic carbocycles. The van der Waals surface area contributed by atoms with E-state index in [-0.39, 0.29) is 12.0 Å². The molecule has 1 unspecified atom stereocenters. The second-order valence-electron chi connectivity index (χ2n) is 7.00. The molecule has 3 rings (SSSR count). The number of nitrogens with zero attached hydrogens (tertiary/aromatic N) is 2. The van der Waals surface area contributed by atoms with Gasteiger partial charge in [-0.25, -0.2) is 0 Å². The van der Waals surface area contributed by atoms with Crippen LogP contribution in [0.2, 0.25) is 0 Å². The van der Waals surface area contributed by atoms with E-state index in [0.29, 0.717) is 0 Å². The van der Waals surface area contributed by atoms with Gasteiger partial charge in [0, 0.05) is 30.8 Å². The van der Waals surface area contributed by atoms with Gasteiger partial charge in [0.2, 0.25) is 0 Å². The fraction of sp³-hybridized carbons (Fsp3) is 0.526. The number of benzene rings is 1. The van der Waals surface area contributed by atoms with Gasteiger partial charge in [0.25, 0.3) is 0 Å². The molecule has 124 valence electrons. The molecule has 1 atom stereocenters. The molecule has 1 aromatic carbocycles. The van der Waals surface area contributed by atoms with Crippen LogP contribution in [0.4, 0.5) is 0 Å². The van der Waals surface area contributed by atoms with Gasteiger partial charge in [0.05, 0.1) is 5.69 Å². The van der Waals surface area contributed by atoms with Crippen LogP contribution in [0.15, 0.2) is 36.4 Å². The number of piperidine rings is 1. The molecule has 4 nitrogen and oxygen atoms in total. The van der Waals surface area contributed by atoms with Crippen LogP contribution in [0.3, 0.4) is 0 Å². The summed E-state index contributed by atoms with van der Waals surface area (Å²) in [5.74, 6) is 0. The van der Waals surface area contributed by atoms with Gasteiger partial charge in [-0.05, 0) is 50.8 Å². The maximum atomic E-state index is 10.1. The highest BCUT2D eigenvalue weighted by Gasteiger charge is 2.34. The van der Waals surface area contributed by atoms with Crippen LogP contribution >= 0.6 is 0 Å². The molecule has 0 radical (unpaired) electrons. The third-order valence-electron chi connectivity index (χ3n) is 5.01. The molecule has 2 aromatic rings. The Morgan fingerprint density at radius 3 is 2.83 bits per heavy atom. The maximum absolute atomic E-state index is 10.1. The summed E-state index contributed by atoms with van der Waals surface area (Å²) < 4.78 is 0. The number of H-pyrrole nitrogens is 1. The second kappa shape index (κ2) is 7.28. The molecule has 1 fully saturated rings. The number of aromatic amines is 1. The molecule has 2 N–H and O–H groups in total. The number of hydrogen-bond donors (Lipinski definition) is 2. The van der Waals surface area contributed by atoms with Crippen LogP contribution in [0.5, 0.6) is 0 Å². The van der Waals surface area contributed by atoms with E-state index in [1.165, 1.54) is 5.56 Å². The Morgan fingerprint density at radius 1 is 1.30 bits per heavy atom. The normalized spacial score (nSPS) is 22.3. The molecular formula is C19H27N3O. The van der Waals surface area contributed by atoms with Crippen molar-refractivity contribution in [2.45, 2.75) is 39.2 Å². The topological polar surface area (TPSA) is 52.1 Å². The van der Waals surface area contributed by atoms with E-state index < -0.39 is 0 Å². The van der Waals surface area contributed by atoms with Gasteiger partial charge in [-0.15, -0.1) is 0 Å². The standard InChI is InChI=1S/C19H27N3O/c1-16-12-18(21-20-16)13-22-11-5-9-19(14-22,15-23)10-8-17-6-3-2-4-7-17/h2-4,6-7,12,23H,5,8-11,13-15H2,1H3,(H,20,21). The number of aromatic nitrogens is 2. The molecule has 0 bridgehead atoms. The van der Waals surface area contributed by atoms with Gasteiger partial charge in [0.15, 0.2) is 0 Å². The molecular weight excluding hydrogens is 286 g/mol. The highest BCUT2D eigenvalue weighted by Crippen LogP contribution is 2.34. The van der Waals surface area contributed by atoms with Gasteiger partial charge >= 0.3 is 0 Å². The van der Waals surface area contributed by atoms with Gasteiger partial charge in [0.1, 0.15) is 0 Å². The minimum atomic E-state index is 0.0272. The highest BCUT2D eigenvalue weighted by molar-refractivity contribution is 5.15. The SMILES string of the molecule is Cc1cc(CN2CCCC(CO)(CCc3ccccc3)C2)n[nH]1. The van der Waals surface area contributed by atoms with E-state index in [4.69, 9.17) is 0 Å². The quantitative estimate of drug-likeness (QED) is 0.862. The first-order valence-electron chi connectivity index (χ1n) is 8.57. The van der Waals surface area contributed by atoms with E-state index in [9.17, 15) is 5.11 Å². The molecule has 23 heavy (non-hydrogen) atoms. The Morgan fingerprint density at radius 2 is 2.13 bits per heavy atom. The fourth-order valence-electron chi connectivity index (χ4n) is 3.70. The fourth-order valence-corrected chi connectivity index (χ4v) is 3.70. The number of nitrogens with one attached hydrogen (secondary N) is 1. The Bertz CT molecular complexity index is 610. The molecule has 0 spiro atoms. The van der Waals surface area contributed by atoms with Crippen LogP contribution in [0.25, 0.3) is 0 Å². The van der Waals surface area contributed by atoms with E-state index in [1.54, 1.807) is 0 Å². The third kappa shape index (κ3) is 4.21. The van der Waals surface area contributed by atoms with E-state index in [0.717, 1.165) is 56.7 Å². The second-order valence-corrected chi connectivity index (χ2v) is 7.00. The summed E-state index contributed by atoms with van der Waals surface area (Å²) in [6, 6.07) is 12.7. The van der Waals surface area contributed by atoms with Crippen molar-refractivity contribution in [3.8, 4) is 0 Å². The Hall–Kier alpha value is -1.65. The minimum Gasteiger partial charge on any atom is -0.396 e. The van der Waals surface area contributed by atoms with Crippen molar-refractivity contribution in [2.24, 2.45) is 5.41 Å². The first-order chi connectivity index (χ1) is 11.2. The highest BCUT2D eigenvalue weighted by atomic mass is 16.3. The minimum absolute atomic E-state index is 0.0272. The monoisotopic (exact) mass is 313 g/mol. The van der Waals surface area contributed by atoms with Crippen LogP contribution in [-0.2, 0) is 13.0 Å². The summed E-state index contributed by atoms with van der Waals surface area (Å²) in [6.45, 7) is 5.24. The van der Waals surface area contributed by atoms with E-state index >= 15 is 0 Å².